The first kappa shape index (κ1) is 15.5. The van der Waals surface area contributed by atoms with Crippen molar-refractivity contribution in [2.75, 3.05) is 20.8 Å². The van der Waals surface area contributed by atoms with E-state index in [-0.39, 0.29) is 24.2 Å². The molecule has 4 unspecified atom stereocenters. The lowest BCUT2D eigenvalue weighted by molar-refractivity contribution is -0.162. The maximum Gasteiger partial charge on any atom is 0.127 e. The molecular formula is C14H26O4. The molecule has 1 rings (SSSR count). The summed E-state index contributed by atoms with van der Waals surface area (Å²) >= 11 is 0. The third-order valence-electron chi connectivity index (χ3n) is 4.54. The Kier molecular flexibility index (Phi) is 5.20. The van der Waals surface area contributed by atoms with Crippen LogP contribution in [-0.4, -0.2) is 43.2 Å². The normalized spacial score (nSPS) is 35.8. The first-order valence-electron chi connectivity index (χ1n) is 6.43. The predicted octanol–water partition coefficient (Wildman–Crippen LogP) is 2.12. The van der Waals surface area contributed by atoms with E-state index in [9.17, 15) is 5.11 Å². The zero-order valence-corrected chi connectivity index (χ0v) is 11.9. The quantitative estimate of drug-likeness (QED) is 0.741. The van der Waals surface area contributed by atoms with E-state index in [1.54, 1.807) is 14.2 Å². The van der Waals surface area contributed by atoms with Crippen molar-refractivity contribution >= 4 is 0 Å². The Morgan fingerprint density at radius 2 is 2.17 bits per heavy atom. The van der Waals surface area contributed by atoms with Crippen molar-refractivity contribution in [1.82, 2.24) is 0 Å². The Morgan fingerprint density at radius 3 is 2.61 bits per heavy atom. The van der Waals surface area contributed by atoms with Gasteiger partial charge in [-0.1, -0.05) is 6.58 Å². The lowest BCUT2D eigenvalue weighted by Crippen LogP contribution is -2.52. The smallest absolute Gasteiger partial charge is 0.127 e. The predicted molar refractivity (Wildman–Crippen MR) is 70.3 cm³/mol. The molecule has 0 spiro atoms. The van der Waals surface area contributed by atoms with Crippen molar-refractivity contribution in [1.29, 1.82) is 0 Å². The summed E-state index contributed by atoms with van der Waals surface area (Å²) in [4.78, 5) is 0. The van der Waals surface area contributed by atoms with Gasteiger partial charge in [-0.15, -0.1) is 0 Å². The van der Waals surface area contributed by atoms with Crippen molar-refractivity contribution in [2.45, 2.75) is 50.4 Å². The van der Waals surface area contributed by atoms with Gasteiger partial charge in [0.05, 0.1) is 18.5 Å². The van der Waals surface area contributed by atoms with Crippen molar-refractivity contribution in [3.8, 4) is 0 Å². The topological polar surface area (TPSA) is 47.9 Å². The molecule has 0 aromatic carbocycles. The molecule has 18 heavy (non-hydrogen) atoms. The van der Waals surface area contributed by atoms with Crippen molar-refractivity contribution in [3.63, 3.8) is 0 Å². The van der Waals surface area contributed by atoms with Crippen LogP contribution < -0.4 is 0 Å². The van der Waals surface area contributed by atoms with Gasteiger partial charge in [0.15, 0.2) is 0 Å². The van der Waals surface area contributed by atoms with Crippen LogP contribution >= 0.6 is 0 Å². The van der Waals surface area contributed by atoms with Crippen LogP contribution in [0.15, 0.2) is 12.8 Å². The molecule has 106 valence electrons. The van der Waals surface area contributed by atoms with Crippen molar-refractivity contribution in [3.05, 3.63) is 12.8 Å². The average Bonchev–Trinajstić information content (AvgIpc) is 2.40. The molecule has 0 heterocycles. The van der Waals surface area contributed by atoms with Crippen LogP contribution in [0.2, 0.25) is 0 Å². The Balaban J connectivity index is 2.83. The fourth-order valence-electron chi connectivity index (χ4n) is 2.71. The minimum atomic E-state index is -0.516. The fraction of sp³-hybridized carbons (Fsp3) is 0.857. The summed E-state index contributed by atoms with van der Waals surface area (Å²) in [5, 5.41) is 9.52. The van der Waals surface area contributed by atoms with Crippen LogP contribution in [0.4, 0.5) is 0 Å². The van der Waals surface area contributed by atoms with Gasteiger partial charge in [0.25, 0.3) is 0 Å². The summed E-state index contributed by atoms with van der Waals surface area (Å²) in [6.07, 6.45) is 4.03. The van der Waals surface area contributed by atoms with Crippen LogP contribution in [0.25, 0.3) is 0 Å². The highest BCUT2D eigenvalue weighted by molar-refractivity contribution is 4.98. The van der Waals surface area contributed by atoms with Gasteiger partial charge in [0.1, 0.15) is 11.7 Å². The van der Waals surface area contributed by atoms with Crippen LogP contribution in [0.1, 0.15) is 33.1 Å². The second kappa shape index (κ2) is 6.04. The van der Waals surface area contributed by atoms with Crippen LogP contribution in [-0.2, 0) is 14.2 Å². The number of aliphatic hydroxyl groups is 1. The number of aliphatic hydroxyl groups excluding tert-OH is 1. The number of rotatable bonds is 6. The molecule has 1 saturated carbocycles. The highest BCUT2D eigenvalue weighted by Crippen LogP contribution is 2.41. The molecule has 4 atom stereocenters. The third kappa shape index (κ3) is 2.87. The van der Waals surface area contributed by atoms with Crippen LogP contribution in [0.5, 0.6) is 0 Å². The second-order valence-electron chi connectivity index (χ2n) is 5.45. The first-order valence-corrected chi connectivity index (χ1v) is 6.43. The lowest BCUT2D eigenvalue weighted by Gasteiger charge is -2.47. The summed E-state index contributed by atoms with van der Waals surface area (Å²) in [5.41, 5.74) is -0.813. The third-order valence-corrected chi connectivity index (χ3v) is 4.54. The standard InChI is InChI=1S/C14H26O4/c1-6-18-12-9-11(14(3,10-15)17-5)7-8-13(12,2)16-4/h6,11-12,15H,1,7-10H2,2-5H3. The van der Waals surface area contributed by atoms with Crippen molar-refractivity contribution in [2.24, 2.45) is 5.92 Å². The maximum atomic E-state index is 9.52. The van der Waals surface area contributed by atoms with Gasteiger partial charge in [-0.25, -0.2) is 0 Å². The average molecular weight is 258 g/mol. The van der Waals surface area contributed by atoms with Gasteiger partial charge in [-0.3, -0.25) is 0 Å². The van der Waals surface area contributed by atoms with E-state index in [0.29, 0.717) is 0 Å². The Morgan fingerprint density at radius 1 is 1.50 bits per heavy atom. The first-order chi connectivity index (χ1) is 8.45. The Labute approximate surface area is 110 Å². The molecule has 1 aliphatic carbocycles. The molecule has 0 aliphatic heterocycles. The number of methoxy groups -OCH3 is 2. The van der Waals surface area contributed by atoms with E-state index in [2.05, 4.69) is 13.5 Å². The van der Waals surface area contributed by atoms with Crippen LogP contribution in [0, 0.1) is 5.92 Å². The number of hydrogen-bond donors (Lipinski definition) is 1. The lowest BCUT2D eigenvalue weighted by atomic mass is 9.71. The second-order valence-corrected chi connectivity index (χ2v) is 5.45. The van der Waals surface area contributed by atoms with E-state index >= 15 is 0 Å². The molecule has 0 saturated heterocycles. The zero-order chi connectivity index (χ0) is 13.8. The minimum Gasteiger partial charge on any atom is -0.496 e. The van der Waals surface area contributed by atoms with Gasteiger partial charge >= 0.3 is 0 Å². The molecule has 0 aromatic heterocycles. The SMILES string of the molecule is C=COC1CC(C(C)(CO)OC)CCC1(C)OC. The summed E-state index contributed by atoms with van der Waals surface area (Å²) < 4.78 is 16.7. The summed E-state index contributed by atoms with van der Waals surface area (Å²) in [6.45, 7) is 7.63. The molecule has 1 N–H and O–H groups in total. The van der Waals surface area contributed by atoms with Gasteiger partial charge in [0.2, 0.25) is 0 Å². The van der Waals surface area contributed by atoms with Crippen LogP contribution in [0.3, 0.4) is 0 Å². The van der Waals surface area contributed by atoms with Gasteiger partial charge < -0.3 is 19.3 Å². The van der Waals surface area contributed by atoms with Gasteiger partial charge in [-0.2, -0.15) is 0 Å². The monoisotopic (exact) mass is 258 g/mol. The molecule has 0 amide bonds. The molecule has 0 aromatic rings. The van der Waals surface area contributed by atoms with E-state index in [4.69, 9.17) is 14.2 Å². The number of hydrogen-bond acceptors (Lipinski definition) is 4. The van der Waals surface area contributed by atoms with E-state index in [1.165, 1.54) is 6.26 Å². The maximum absolute atomic E-state index is 9.52. The molecule has 4 nitrogen and oxygen atoms in total. The summed E-state index contributed by atoms with van der Waals surface area (Å²) in [6, 6.07) is 0. The molecule has 1 fully saturated rings. The van der Waals surface area contributed by atoms with E-state index < -0.39 is 5.60 Å². The van der Waals surface area contributed by atoms with E-state index in [1.807, 2.05) is 6.92 Å². The molecular weight excluding hydrogens is 232 g/mol. The van der Waals surface area contributed by atoms with E-state index in [0.717, 1.165) is 19.3 Å². The molecule has 0 bridgehead atoms. The fourth-order valence-corrected chi connectivity index (χ4v) is 2.71. The highest BCUT2D eigenvalue weighted by atomic mass is 16.5. The molecule has 1 aliphatic rings. The largest absolute Gasteiger partial charge is 0.496 e. The zero-order valence-electron chi connectivity index (χ0n) is 11.9. The van der Waals surface area contributed by atoms with Crippen molar-refractivity contribution < 1.29 is 19.3 Å². The summed E-state index contributed by atoms with van der Waals surface area (Å²) in [5.74, 6) is 0.251. The van der Waals surface area contributed by atoms with Gasteiger partial charge in [-0.05, 0) is 39.0 Å². The molecule has 0 radical (unpaired) electrons. The van der Waals surface area contributed by atoms with Gasteiger partial charge in [0, 0.05) is 14.2 Å². The summed E-state index contributed by atoms with van der Waals surface area (Å²) in [7, 11) is 3.35. The minimum absolute atomic E-state index is 0.0126. The highest BCUT2D eigenvalue weighted by Gasteiger charge is 2.47. The number of ether oxygens (including phenoxy) is 3. The Hall–Kier alpha value is -0.580. The molecule has 4 heteroatoms. The Bertz CT molecular complexity index is 275.